The van der Waals surface area contributed by atoms with Crippen molar-refractivity contribution < 1.29 is 9.13 Å². The van der Waals surface area contributed by atoms with E-state index >= 15 is 0 Å². The first-order valence-electron chi connectivity index (χ1n) is 9.45. The molecule has 2 aromatic rings. The van der Waals surface area contributed by atoms with Crippen molar-refractivity contribution in [2.24, 2.45) is 12.0 Å². The molecule has 1 aliphatic heterocycles. The molecule has 0 bridgehead atoms. The van der Waals surface area contributed by atoms with Crippen molar-refractivity contribution in [2.75, 3.05) is 39.9 Å². The lowest BCUT2D eigenvalue weighted by molar-refractivity contribution is 0.0170. The van der Waals surface area contributed by atoms with Crippen molar-refractivity contribution in [3.8, 4) is 0 Å². The van der Waals surface area contributed by atoms with Gasteiger partial charge in [-0.25, -0.2) is 4.39 Å². The minimum atomic E-state index is -0.228. The first-order valence-corrected chi connectivity index (χ1v) is 9.45. The maximum absolute atomic E-state index is 13.4. The van der Waals surface area contributed by atoms with Gasteiger partial charge in [0.2, 0.25) is 0 Å². The molecule has 0 radical (unpaired) electrons. The highest BCUT2D eigenvalue weighted by Crippen LogP contribution is 2.21. The quantitative estimate of drug-likeness (QED) is 0.567. The number of benzene rings is 1. The molecule has 152 valence electrons. The summed E-state index contributed by atoms with van der Waals surface area (Å²) in [5.74, 6) is 2.15. The van der Waals surface area contributed by atoms with E-state index in [1.54, 1.807) is 7.05 Å². The molecule has 1 atom stereocenters. The maximum atomic E-state index is 13.4. The Morgan fingerprint density at radius 1 is 1.21 bits per heavy atom. The van der Waals surface area contributed by atoms with Crippen molar-refractivity contribution >= 4 is 5.96 Å². The second-order valence-electron chi connectivity index (χ2n) is 6.74. The average molecular weight is 389 g/mol. The summed E-state index contributed by atoms with van der Waals surface area (Å²) in [6.45, 7) is 6.17. The van der Waals surface area contributed by atoms with Gasteiger partial charge in [0, 0.05) is 33.7 Å². The summed E-state index contributed by atoms with van der Waals surface area (Å²) in [4.78, 5) is 6.65. The Kier molecular flexibility index (Phi) is 6.94. The van der Waals surface area contributed by atoms with E-state index < -0.39 is 0 Å². The molecule has 2 heterocycles. The highest BCUT2D eigenvalue weighted by molar-refractivity contribution is 5.79. The molecular weight excluding hydrogens is 361 g/mol. The minimum Gasteiger partial charge on any atom is -0.379 e. The Morgan fingerprint density at radius 3 is 2.54 bits per heavy atom. The molecule has 1 saturated heterocycles. The van der Waals surface area contributed by atoms with E-state index in [0.717, 1.165) is 30.3 Å². The lowest BCUT2D eigenvalue weighted by Gasteiger charge is -2.35. The van der Waals surface area contributed by atoms with Crippen LogP contribution in [0.5, 0.6) is 0 Å². The number of aliphatic imine (C=N–C) groups is 1. The molecule has 1 aromatic heterocycles. The number of morpholine rings is 1. The Balaban J connectivity index is 1.63. The van der Waals surface area contributed by atoms with Crippen LogP contribution in [0.1, 0.15) is 23.3 Å². The number of ether oxygens (including phenoxy) is 1. The summed E-state index contributed by atoms with van der Waals surface area (Å²) in [5, 5.41) is 14.9. The number of nitrogens with one attached hydrogen (secondary N) is 2. The molecular formula is C19H28FN7O. The number of halogens is 1. The number of hydrogen-bond donors (Lipinski definition) is 2. The van der Waals surface area contributed by atoms with Crippen LogP contribution < -0.4 is 10.6 Å². The van der Waals surface area contributed by atoms with E-state index in [-0.39, 0.29) is 11.9 Å². The molecule has 3 rings (SSSR count). The van der Waals surface area contributed by atoms with Gasteiger partial charge in [0.15, 0.2) is 11.8 Å². The molecule has 1 unspecified atom stereocenters. The molecule has 28 heavy (non-hydrogen) atoms. The largest absolute Gasteiger partial charge is 0.379 e. The van der Waals surface area contributed by atoms with E-state index in [1.807, 2.05) is 30.7 Å². The zero-order valence-corrected chi connectivity index (χ0v) is 16.7. The van der Waals surface area contributed by atoms with Crippen LogP contribution >= 0.6 is 0 Å². The number of rotatable bonds is 6. The van der Waals surface area contributed by atoms with Gasteiger partial charge >= 0.3 is 0 Å². The number of aryl methyl sites for hydroxylation is 1. The monoisotopic (exact) mass is 389 g/mol. The van der Waals surface area contributed by atoms with Gasteiger partial charge in [0.1, 0.15) is 11.6 Å². The Morgan fingerprint density at radius 2 is 1.93 bits per heavy atom. The van der Waals surface area contributed by atoms with Gasteiger partial charge in [-0.2, -0.15) is 0 Å². The highest BCUT2D eigenvalue weighted by atomic mass is 19.1. The van der Waals surface area contributed by atoms with Crippen LogP contribution in [0.2, 0.25) is 0 Å². The molecule has 8 nitrogen and oxygen atoms in total. The van der Waals surface area contributed by atoms with E-state index in [2.05, 4.69) is 30.7 Å². The summed E-state index contributed by atoms with van der Waals surface area (Å²) in [7, 11) is 3.67. The van der Waals surface area contributed by atoms with Gasteiger partial charge in [-0.3, -0.25) is 9.89 Å². The predicted octanol–water partition coefficient (Wildman–Crippen LogP) is 1.00. The van der Waals surface area contributed by atoms with E-state index in [9.17, 15) is 4.39 Å². The number of hydrogen-bond acceptors (Lipinski definition) is 5. The predicted molar refractivity (Wildman–Crippen MR) is 105 cm³/mol. The first kappa shape index (κ1) is 20.2. The Labute approximate surface area is 164 Å². The summed E-state index contributed by atoms with van der Waals surface area (Å²) in [5.41, 5.74) is 1.06. The number of nitrogens with zero attached hydrogens (tertiary/aromatic N) is 5. The zero-order chi connectivity index (χ0) is 19.9. The molecule has 0 amide bonds. The van der Waals surface area contributed by atoms with Gasteiger partial charge in [-0.05, 0) is 24.6 Å². The molecule has 0 spiro atoms. The SMILES string of the molecule is CN=C(NCc1nnc(C)n1C)NCC(c1ccc(F)cc1)N1CCOCC1. The Hall–Kier alpha value is -2.52. The third-order valence-electron chi connectivity index (χ3n) is 5.02. The third kappa shape index (κ3) is 5.05. The lowest BCUT2D eigenvalue weighted by Crippen LogP contribution is -2.46. The topological polar surface area (TPSA) is 79.6 Å². The molecule has 1 aromatic carbocycles. The molecule has 2 N–H and O–H groups in total. The van der Waals surface area contributed by atoms with Crippen LogP contribution in [0.3, 0.4) is 0 Å². The van der Waals surface area contributed by atoms with Gasteiger partial charge in [-0.1, -0.05) is 12.1 Å². The molecule has 1 aliphatic rings. The smallest absolute Gasteiger partial charge is 0.191 e. The van der Waals surface area contributed by atoms with Crippen LogP contribution in [0.15, 0.2) is 29.3 Å². The fraction of sp³-hybridized carbons (Fsp3) is 0.526. The standard InChI is InChI=1S/C19H28FN7O/c1-14-24-25-18(26(14)3)13-23-19(21-2)22-12-17(27-8-10-28-11-9-27)15-4-6-16(20)7-5-15/h4-7,17H,8-13H2,1-3H3,(H2,21,22,23). The fourth-order valence-corrected chi connectivity index (χ4v) is 3.21. The Bertz CT molecular complexity index is 784. The summed E-state index contributed by atoms with van der Waals surface area (Å²) >= 11 is 0. The van der Waals surface area contributed by atoms with Crippen LogP contribution in [-0.2, 0) is 18.3 Å². The summed E-state index contributed by atoms with van der Waals surface area (Å²) in [6.07, 6.45) is 0. The average Bonchev–Trinajstić information content (AvgIpc) is 3.04. The first-order chi connectivity index (χ1) is 13.6. The normalized spacial score (nSPS) is 16.8. The zero-order valence-electron chi connectivity index (χ0n) is 16.7. The van der Waals surface area contributed by atoms with Gasteiger partial charge in [0.05, 0.1) is 25.8 Å². The van der Waals surface area contributed by atoms with Crippen molar-refractivity contribution in [3.05, 3.63) is 47.3 Å². The van der Waals surface area contributed by atoms with E-state index in [4.69, 9.17) is 4.74 Å². The number of guanidine groups is 1. The van der Waals surface area contributed by atoms with Gasteiger partial charge in [0.25, 0.3) is 0 Å². The third-order valence-corrected chi connectivity index (χ3v) is 5.02. The van der Waals surface area contributed by atoms with Crippen LogP contribution in [0.25, 0.3) is 0 Å². The summed E-state index contributed by atoms with van der Waals surface area (Å²) < 4.78 is 20.8. The molecule has 9 heteroatoms. The van der Waals surface area contributed by atoms with Gasteiger partial charge < -0.3 is 19.9 Å². The van der Waals surface area contributed by atoms with Crippen molar-refractivity contribution in [1.82, 2.24) is 30.3 Å². The van der Waals surface area contributed by atoms with E-state index in [1.165, 1.54) is 12.1 Å². The highest BCUT2D eigenvalue weighted by Gasteiger charge is 2.23. The second kappa shape index (κ2) is 9.61. The second-order valence-corrected chi connectivity index (χ2v) is 6.74. The summed E-state index contributed by atoms with van der Waals surface area (Å²) in [6, 6.07) is 6.80. The number of aromatic nitrogens is 3. The van der Waals surface area contributed by atoms with Crippen molar-refractivity contribution in [2.45, 2.75) is 19.5 Å². The molecule has 0 saturated carbocycles. The van der Waals surface area contributed by atoms with Crippen LogP contribution in [-0.4, -0.2) is 65.5 Å². The minimum absolute atomic E-state index is 0.0973. The van der Waals surface area contributed by atoms with Crippen molar-refractivity contribution in [1.29, 1.82) is 0 Å². The van der Waals surface area contributed by atoms with Gasteiger partial charge in [-0.15, -0.1) is 10.2 Å². The fourth-order valence-electron chi connectivity index (χ4n) is 3.21. The lowest BCUT2D eigenvalue weighted by atomic mass is 10.0. The molecule has 1 fully saturated rings. The molecule has 0 aliphatic carbocycles. The van der Waals surface area contributed by atoms with Crippen LogP contribution in [0.4, 0.5) is 4.39 Å². The van der Waals surface area contributed by atoms with Crippen molar-refractivity contribution in [3.63, 3.8) is 0 Å². The van der Waals surface area contributed by atoms with Crippen LogP contribution in [0, 0.1) is 12.7 Å². The maximum Gasteiger partial charge on any atom is 0.191 e. The van der Waals surface area contributed by atoms with E-state index in [0.29, 0.717) is 32.3 Å².